The zero-order valence-corrected chi connectivity index (χ0v) is 12.4. The Morgan fingerprint density at radius 1 is 1.00 bits per heavy atom. The second kappa shape index (κ2) is 8.33. The van der Waals surface area contributed by atoms with E-state index in [9.17, 15) is 9.13 Å². The Bertz CT molecular complexity index is 393. The number of anilines is 2. The zero-order valence-electron chi connectivity index (χ0n) is 10.4. The van der Waals surface area contributed by atoms with E-state index in [4.69, 9.17) is 9.05 Å². The molecule has 0 radical (unpaired) electrons. The highest BCUT2D eigenvalue weighted by molar-refractivity contribution is 7.41. The molecule has 0 fully saturated rings. The molecule has 0 amide bonds. The predicted molar refractivity (Wildman–Crippen MR) is 74.9 cm³/mol. The third kappa shape index (κ3) is 5.69. The highest BCUT2D eigenvalue weighted by atomic mass is 31.1. The molecule has 1 rings (SSSR count). The lowest BCUT2D eigenvalue weighted by molar-refractivity contribution is 0.353. The quantitative estimate of drug-likeness (QED) is 0.715. The van der Waals surface area contributed by atoms with Gasteiger partial charge in [-0.25, -0.2) is 0 Å². The Balaban J connectivity index is 2.61. The minimum Gasteiger partial charge on any atom is -0.317 e. The molecule has 6 nitrogen and oxygen atoms in total. The van der Waals surface area contributed by atoms with Crippen LogP contribution < -0.4 is 10.2 Å². The van der Waals surface area contributed by atoms with Gasteiger partial charge in [-0.15, -0.1) is 0 Å². The fourth-order valence-electron chi connectivity index (χ4n) is 1.24. The van der Waals surface area contributed by atoms with Gasteiger partial charge < -0.3 is 19.2 Å². The Kier molecular flexibility index (Phi) is 7.06. The second-order valence-electron chi connectivity index (χ2n) is 3.27. The van der Waals surface area contributed by atoms with Crippen LogP contribution in [0.25, 0.3) is 0 Å². The molecule has 0 bridgehead atoms. The summed E-state index contributed by atoms with van der Waals surface area (Å²) in [4.78, 5) is 0. The normalized spacial score (nSPS) is 13.9. The van der Waals surface area contributed by atoms with Crippen molar-refractivity contribution in [2.75, 3.05) is 23.4 Å². The van der Waals surface area contributed by atoms with Crippen LogP contribution in [0.15, 0.2) is 24.3 Å². The molecule has 0 saturated carbocycles. The summed E-state index contributed by atoms with van der Waals surface area (Å²) < 4.78 is 32.7. The minimum atomic E-state index is -2.28. The highest BCUT2D eigenvalue weighted by Crippen LogP contribution is 2.30. The first kappa shape index (κ1) is 15.3. The molecule has 0 saturated heterocycles. The second-order valence-corrected chi connectivity index (χ2v) is 5.50. The summed E-state index contributed by atoms with van der Waals surface area (Å²) in [7, 11) is -4.55. The van der Waals surface area contributed by atoms with Gasteiger partial charge in [-0.2, -0.15) is 0 Å². The van der Waals surface area contributed by atoms with Gasteiger partial charge in [0.15, 0.2) is 0 Å². The van der Waals surface area contributed by atoms with Gasteiger partial charge in [-0.3, -0.25) is 9.13 Å². The van der Waals surface area contributed by atoms with E-state index in [0.29, 0.717) is 24.6 Å². The largest absolute Gasteiger partial charge is 0.317 e. The number of nitrogens with one attached hydrogen (secondary N) is 2. The summed E-state index contributed by atoms with van der Waals surface area (Å²) in [5.74, 6) is 0. The minimum absolute atomic E-state index is 0.390. The Morgan fingerprint density at radius 3 is 1.83 bits per heavy atom. The zero-order chi connectivity index (χ0) is 13.4. The van der Waals surface area contributed by atoms with Gasteiger partial charge in [0.25, 0.3) is 16.4 Å². The van der Waals surface area contributed by atoms with E-state index in [1.807, 2.05) is 0 Å². The third-order valence-corrected chi connectivity index (χ3v) is 3.99. The predicted octanol–water partition coefficient (Wildman–Crippen LogP) is 3.36. The van der Waals surface area contributed by atoms with Gasteiger partial charge in [-0.1, -0.05) is 6.07 Å². The van der Waals surface area contributed by atoms with E-state index in [0.717, 1.165) is 0 Å². The number of hydrogen-bond donors (Lipinski definition) is 2. The molecular weight excluding hydrogens is 274 g/mol. The lowest BCUT2D eigenvalue weighted by Gasteiger charge is -2.09. The van der Waals surface area contributed by atoms with Crippen LogP contribution in [0.1, 0.15) is 13.8 Å². The van der Waals surface area contributed by atoms with Crippen LogP contribution in [-0.2, 0) is 18.2 Å². The SMILES string of the molecule is CCO[PH](=O)Nc1cccc(N[PH](=O)OCC)c1. The summed E-state index contributed by atoms with van der Waals surface area (Å²) in [5.41, 5.74) is 1.28. The highest BCUT2D eigenvalue weighted by Gasteiger charge is 2.02. The summed E-state index contributed by atoms with van der Waals surface area (Å²) in [5, 5.41) is 5.48. The first-order chi connectivity index (χ1) is 8.65. The van der Waals surface area contributed by atoms with Gasteiger partial charge in [0.05, 0.1) is 13.2 Å². The van der Waals surface area contributed by atoms with Gasteiger partial charge in [0.1, 0.15) is 0 Å². The van der Waals surface area contributed by atoms with E-state index in [-0.39, 0.29) is 0 Å². The van der Waals surface area contributed by atoms with E-state index in [2.05, 4.69) is 10.2 Å². The molecule has 8 heteroatoms. The monoisotopic (exact) mass is 292 g/mol. The summed E-state index contributed by atoms with van der Waals surface area (Å²) in [6.07, 6.45) is 0. The average molecular weight is 292 g/mol. The van der Waals surface area contributed by atoms with Crippen molar-refractivity contribution in [1.82, 2.24) is 0 Å². The van der Waals surface area contributed by atoms with Crippen molar-refractivity contribution in [3.8, 4) is 0 Å². The van der Waals surface area contributed by atoms with Crippen molar-refractivity contribution in [3.05, 3.63) is 24.3 Å². The van der Waals surface area contributed by atoms with Gasteiger partial charge >= 0.3 is 0 Å². The molecular formula is C10H18N2O4P2. The van der Waals surface area contributed by atoms with Crippen LogP contribution in [0.4, 0.5) is 11.4 Å². The average Bonchev–Trinajstić information content (AvgIpc) is 2.29. The fourth-order valence-corrected chi connectivity index (χ4v) is 2.70. The number of rotatable bonds is 8. The molecule has 1 aromatic rings. The summed E-state index contributed by atoms with van der Waals surface area (Å²) in [6.45, 7) is 4.33. The molecule has 0 heterocycles. The molecule has 2 unspecified atom stereocenters. The first-order valence-corrected chi connectivity index (χ1v) is 8.26. The van der Waals surface area contributed by atoms with Crippen LogP contribution in [-0.4, -0.2) is 13.2 Å². The van der Waals surface area contributed by atoms with Crippen molar-refractivity contribution < 1.29 is 18.2 Å². The maximum absolute atomic E-state index is 11.4. The van der Waals surface area contributed by atoms with E-state index < -0.39 is 16.4 Å². The van der Waals surface area contributed by atoms with E-state index in [1.54, 1.807) is 38.1 Å². The molecule has 0 aromatic heterocycles. The smallest absolute Gasteiger partial charge is 0.282 e. The Hall–Kier alpha value is -0.800. The van der Waals surface area contributed by atoms with E-state index in [1.165, 1.54) is 0 Å². The van der Waals surface area contributed by atoms with Crippen LogP contribution in [0.5, 0.6) is 0 Å². The van der Waals surface area contributed by atoms with Gasteiger partial charge in [0, 0.05) is 11.4 Å². The van der Waals surface area contributed by atoms with E-state index >= 15 is 0 Å². The molecule has 0 spiro atoms. The van der Waals surface area contributed by atoms with Crippen LogP contribution >= 0.6 is 16.4 Å². The molecule has 0 aliphatic carbocycles. The molecule has 0 aliphatic heterocycles. The van der Waals surface area contributed by atoms with Crippen LogP contribution in [0.3, 0.4) is 0 Å². The lowest BCUT2D eigenvalue weighted by atomic mass is 10.3. The Labute approximate surface area is 108 Å². The lowest BCUT2D eigenvalue weighted by Crippen LogP contribution is -1.93. The van der Waals surface area contributed by atoms with Crippen LogP contribution in [0.2, 0.25) is 0 Å². The number of hydrogen-bond acceptors (Lipinski definition) is 4. The molecule has 102 valence electrons. The maximum Gasteiger partial charge on any atom is 0.282 e. The van der Waals surface area contributed by atoms with Crippen molar-refractivity contribution >= 4 is 27.7 Å². The summed E-state index contributed by atoms with van der Waals surface area (Å²) in [6, 6.07) is 6.96. The molecule has 18 heavy (non-hydrogen) atoms. The van der Waals surface area contributed by atoms with Crippen molar-refractivity contribution in [3.63, 3.8) is 0 Å². The third-order valence-electron chi connectivity index (χ3n) is 1.91. The van der Waals surface area contributed by atoms with Crippen molar-refractivity contribution in [2.45, 2.75) is 13.8 Å². The van der Waals surface area contributed by atoms with Gasteiger partial charge in [0.2, 0.25) is 0 Å². The molecule has 0 aliphatic rings. The maximum atomic E-state index is 11.4. The molecule has 2 N–H and O–H groups in total. The Morgan fingerprint density at radius 2 is 1.44 bits per heavy atom. The molecule has 1 aromatic carbocycles. The summed E-state index contributed by atoms with van der Waals surface area (Å²) >= 11 is 0. The standard InChI is InChI=1S/C10H18N2O4P2/c1-3-15-17(13)11-9-6-5-7-10(8-9)12-18(14)16-4-2/h5-8,17-18H,3-4H2,1-2H3,(H,11,13)(H,12,14). The topological polar surface area (TPSA) is 76.7 Å². The van der Waals surface area contributed by atoms with Crippen molar-refractivity contribution in [2.24, 2.45) is 0 Å². The number of benzene rings is 1. The van der Waals surface area contributed by atoms with Gasteiger partial charge in [-0.05, 0) is 32.0 Å². The van der Waals surface area contributed by atoms with Crippen LogP contribution in [0, 0.1) is 0 Å². The fraction of sp³-hybridized carbons (Fsp3) is 0.400. The van der Waals surface area contributed by atoms with Crippen molar-refractivity contribution in [1.29, 1.82) is 0 Å². The first-order valence-electron chi connectivity index (χ1n) is 5.63. The molecule has 2 atom stereocenters.